The lowest BCUT2D eigenvalue weighted by molar-refractivity contribution is -0.132. The summed E-state index contributed by atoms with van der Waals surface area (Å²) in [6, 6.07) is 15.3. The van der Waals surface area contributed by atoms with Gasteiger partial charge in [-0.1, -0.05) is 38.0 Å². The number of ketones is 1. The number of aryl methyl sites for hydroxylation is 1. The van der Waals surface area contributed by atoms with Crippen LogP contribution >= 0.6 is 0 Å². The maximum atomic E-state index is 13.3. The van der Waals surface area contributed by atoms with E-state index in [9.17, 15) is 14.7 Å². The highest BCUT2D eigenvalue weighted by atomic mass is 16.5. The fourth-order valence-corrected chi connectivity index (χ4v) is 4.34. The number of nitrogens with zero attached hydrogens (tertiary/aromatic N) is 2. The summed E-state index contributed by atoms with van der Waals surface area (Å²) < 4.78 is 5.76. The smallest absolute Gasteiger partial charge is 0.300 e. The molecule has 180 valence electrons. The molecule has 1 atom stereocenters. The molecule has 0 bridgehead atoms. The molecule has 1 aromatic heterocycles. The fraction of sp³-hybridized carbons (Fsp3) is 0.276. The molecule has 0 aliphatic carbocycles. The van der Waals surface area contributed by atoms with Crippen LogP contribution in [-0.2, 0) is 9.59 Å². The molecule has 1 N–H and O–H groups in total. The molecule has 2 heterocycles. The Labute approximate surface area is 205 Å². The molecular formula is C29H30N2O4. The van der Waals surface area contributed by atoms with Gasteiger partial charge in [-0.15, -0.1) is 0 Å². The number of carbonyl (C=O) groups is 2. The van der Waals surface area contributed by atoms with Gasteiger partial charge in [-0.25, -0.2) is 0 Å². The number of amides is 1. The number of anilines is 1. The van der Waals surface area contributed by atoms with Crippen molar-refractivity contribution in [2.75, 3.05) is 11.5 Å². The lowest BCUT2D eigenvalue weighted by atomic mass is 9.95. The Morgan fingerprint density at radius 2 is 1.80 bits per heavy atom. The van der Waals surface area contributed by atoms with Gasteiger partial charge in [0.05, 0.1) is 18.2 Å². The summed E-state index contributed by atoms with van der Waals surface area (Å²) >= 11 is 0. The van der Waals surface area contributed by atoms with Crippen molar-refractivity contribution in [3.63, 3.8) is 0 Å². The lowest BCUT2D eigenvalue weighted by Gasteiger charge is -2.27. The van der Waals surface area contributed by atoms with Gasteiger partial charge in [-0.05, 0) is 73.4 Å². The van der Waals surface area contributed by atoms with Gasteiger partial charge in [0.15, 0.2) is 0 Å². The van der Waals surface area contributed by atoms with Crippen LogP contribution in [-0.4, -0.2) is 28.4 Å². The number of Topliss-reactive ketones (excluding diaryl/α,β-unsaturated/α-hetero) is 1. The summed E-state index contributed by atoms with van der Waals surface area (Å²) in [5.74, 6) is -0.929. The van der Waals surface area contributed by atoms with Crippen molar-refractivity contribution in [1.29, 1.82) is 0 Å². The van der Waals surface area contributed by atoms with Crippen molar-refractivity contribution >= 4 is 23.1 Å². The van der Waals surface area contributed by atoms with Crippen molar-refractivity contribution in [1.82, 2.24) is 4.98 Å². The highest BCUT2D eigenvalue weighted by Gasteiger charge is 2.47. The summed E-state index contributed by atoms with van der Waals surface area (Å²) in [5.41, 5.74) is 3.66. The third-order valence-electron chi connectivity index (χ3n) is 6.42. The van der Waals surface area contributed by atoms with E-state index in [1.54, 1.807) is 42.7 Å². The lowest BCUT2D eigenvalue weighted by Crippen LogP contribution is -2.30. The molecule has 1 fully saturated rings. The number of benzene rings is 2. The number of hydrogen-bond acceptors (Lipinski definition) is 5. The van der Waals surface area contributed by atoms with Crippen LogP contribution in [0.1, 0.15) is 54.5 Å². The van der Waals surface area contributed by atoms with Gasteiger partial charge in [-0.2, -0.15) is 0 Å². The minimum absolute atomic E-state index is 0.0421. The van der Waals surface area contributed by atoms with Crippen LogP contribution in [0.25, 0.3) is 5.76 Å². The summed E-state index contributed by atoms with van der Waals surface area (Å²) in [6.07, 6.45) is 6.45. The van der Waals surface area contributed by atoms with E-state index >= 15 is 0 Å². The van der Waals surface area contributed by atoms with Gasteiger partial charge in [0.1, 0.15) is 11.5 Å². The predicted octanol–water partition coefficient (Wildman–Crippen LogP) is 5.89. The summed E-state index contributed by atoms with van der Waals surface area (Å²) in [7, 11) is 0. The zero-order valence-corrected chi connectivity index (χ0v) is 20.3. The van der Waals surface area contributed by atoms with Gasteiger partial charge in [0.2, 0.25) is 0 Å². The first kappa shape index (κ1) is 24.2. The number of pyridine rings is 1. The number of hydrogen-bond donors (Lipinski definition) is 1. The topological polar surface area (TPSA) is 79.7 Å². The first-order chi connectivity index (χ1) is 16.9. The number of aliphatic hydroxyl groups excluding tert-OH is 1. The number of unbranched alkanes of at least 4 members (excludes halogenated alkanes) is 2. The minimum Gasteiger partial charge on any atom is -0.507 e. The summed E-state index contributed by atoms with van der Waals surface area (Å²) in [4.78, 5) is 32.3. The molecule has 3 aromatic rings. The van der Waals surface area contributed by atoms with Crippen LogP contribution in [0.15, 0.2) is 72.6 Å². The van der Waals surface area contributed by atoms with Gasteiger partial charge < -0.3 is 9.84 Å². The van der Waals surface area contributed by atoms with Crippen LogP contribution in [0.4, 0.5) is 5.69 Å². The van der Waals surface area contributed by atoms with E-state index in [-0.39, 0.29) is 11.3 Å². The maximum Gasteiger partial charge on any atom is 0.300 e. The van der Waals surface area contributed by atoms with Gasteiger partial charge in [-0.3, -0.25) is 19.5 Å². The van der Waals surface area contributed by atoms with E-state index in [4.69, 9.17) is 4.74 Å². The summed E-state index contributed by atoms with van der Waals surface area (Å²) in [5, 5.41) is 11.3. The van der Waals surface area contributed by atoms with Gasteiger partial charge >= 0.3 is 0 Å². The molecule has 0 radical (unpaired) electrons. The number of rotatable bonds is 8. The molecular weight excluding hydrogens is 440 g/mol. The average Bonchev–Trinajstić information content (AvgIpc) is 3.14. The predicted molar refractivity (Wildman–Crippen MR) is 136 cm³/mol. The number of aliphatic hydroxyl groups is 1. The quantitative estimate of drug-likeness (QED) is 0.192. The first-order valence-corrected chi connectivity index (χ1v) is 11.9. The number of carbonyl (C=O) groups excluding carboxylic acids is 2. The molecule has 1 saturated heterocycles. The highest BCUT2D eigenvalue weighted by Crippen LogP contribution is 2.43. The number of aromatic nitrogens is 1. The number of ether oxygens (including phenoxy) is 1. The van der Waals surface area contributed by atoms with Gasteiger partial charge in [0, 0.05) is 23.6 Å². The van der Waals surface area contributed by atoms with E-state index in [1.165, 1.54) is 4.90 Å². The SMILES string of the molecule is CCCCCOc1ccc(/C(O)=C2\C(=O)C(=O)N(c3cccc(C)c3C)C2c2cccnc2)cc1. The van der Waals surface area contributed by atoms with E-state index in [0.717, 1.165) is 30.4 Å². The largest absolute Gasteiger partial charge is 0.507 e. The third kappa shape index (κ3) is 4.83. The van der Waals surface area contributed by atoms with Crippen LogP contribution in [0.2, 0.25) is 0 Å². The van der Waals surface area contributed by atoms with E-state index in [0.29, 0.717) is 29.2 Å². The van der Waals surface area contributed by atoms with Crippen molar-refractivity contribution in [2.24, 2.45) is 0 Å². The molecule has 6 nitrogen and oxygen atoms in total. The second kappa shape index (κ2) is 10.6. The fourth-order valence-electron chi connectivity index (χ4n) is 4.34. The first-order valence-electron chi connectivity index (χ1n) is 11.9. The Morgan fingerprint density at radius 3 is 2.49 bits per heavy atom. The Morgan fingerprint density at radius 1 is 1.03 bits per heavy atom. The zero-order valence-electron chi connectivity index (χ0n) is 20.3. The van der Waals surface area contributed by atoms with Crippen LogP contribution < -0.4 is 9.64 Å². The average molecular weight is 471 g/mol. The molecule has 1 aliphatic rings. The van der Waals surface area contributed by atoms with Crippen LogP contribution in [0.5, 0.6) is 5.75 Å². The molecule has 2 aromatic carbocycles. The molecule has 4 rings (SSSR count). The van der Waals surface area contributed by atoms with Crippen molar-refractivity contribution in [2.45, 2.75) is 46.1 Å². The van der Waals surface area contributed by atoms with Crippen molar-refractivity contribution in [3.8, 4) is 5.75 Å². The molecule has 1 aliphatic heterocycles. The molecule has 1 unspecified atom stereocenters. The molecule has 0 saturated carbocycles. The molecule has 1 amide bonds. The van der Waals surface area contributed by atoms with E-state index in [1.807, 2.05) is 38.1 Å². The van der Waals surface area contributed by atoms with Crippen molar-refractivity contribution in [3.05, 3.63) is 94.8 Å². The Hall–Kier alpha value is -3.93. The standard InChI is InChI=1S/C29H30N2O4/c1-4-5-6-17-35-23-14-12-21(13-15-23)27(32)25-26(22-10-8-16-30-18-22)31(29(34)28(25)33)24-11-7-9-19(2)20(24)3/h7-16,18,26,32H,4-6,17H2,1-3H3/b27-25+. The zero-order chi connectivity index (χ0) is 24.9. The van der Waals surface area contributed by atoms with E-state index in [2.05, 4.69) is 11.9 Å². The molecule has 6 heteroatoms. The molecule has 0 spiro atoms. The van der Waals surface area contributed by atoms with Crippen LogP contribution in [0, 0.1) is 13.8 Å². The highest BCUT2D eigenvalue weighted by molar-refractivity contribution is 6.51. The van der Waals surface area contributed by atoms with Crippen molar-refractivity contribution < 1.29 is 19.4 Å². The molecule has 35 heavy (non-hydrogen) atoms. The monoisotopic (exact) mass is 470 g/mol. The minimum atomic E-state index is -0.797. The second-order valence-corrected chi connectivity index (χ2v) is 8.75. The van der Waals surface area contributed by atoms with Crippen LogP contribution in [0.3, 0.4) is 0 Å². The summed E-state index contributed by atoms with van der Waals surface area (Å²) in [6.45, 7) is 6.64. The van der Waals surface area contributed by atoms with Gasteiger partial charge in [0.25, 0.3) is 11.7 Å². The second-order valence-electron chi connectivity index (χ2n) is 8.75. The maximum absolute atomic E-state index is 13.3. The Bertz CT molecular complexity index is 1250. The van der Waals surface area contributed by atoms with E-state index < -0.39 is 17.7 Å². The normalized spacial score (nSPS) is 17.1. The Kier molecular flexibility index (Phi) is 7.30. The third-order valence-corrected chi connectivity index (χ3v) is 6.42. The Balaban J connectivity index is 1.77.